The van der Waals surface area contributed by atoms with Gasteiger partial charge in [-0.05, 0) is 81.5 Å². The number of carbonyl (C=O) groups is 2. The molecule has 0 fully saturated rings. The maximum atomic E-state index is 13.3. The van der Waals surface area contributed by atoms with Crippen molar-refractivity contribution in [1.82, 2.24) is 4.90 Å². The van der Waals surface area contributed by atoms with Gasteiger partial charge in [-0.25, -0.2) is 13.2 Å². The fourth-order valence-electron chi connectivity index (χ4n) is 4.63. The lowest BCUT2D eigenvalue weighted by Crippen LogP contribution is -2.32. The lowest BCUT2D eigenvalue weighted by atomic mass is 9.90. The highest BCUT2D eigenvalue weighted by Gasteiger charge is 2.36. The molecule has 0 radical (unpaired) electrons. The number of sulfonamides is 1. The number of rotatable bonds is 11. The number of fused-ring (bicyclic) bond motifs is 1. The summed E-state index contributed by atoms with van der Waals surface area (Å²) in [5.74, 6) is -1.41. The van der Waals surface area contributed by atoms with Crippen LogP contribution in [-0.4, -0.2) is 71.0 Å². The van der Waals surface area contributed by atoms with Gasteiger partial charge in [0.05, 0.1) is 35.5 Å². The van der Waals surface area contributed by atoms with Crippen molar-refractivity contribution in [3.63, 3.8) is 0 Å². The molecule has 1 aliphatic rings. The molecule has 0 saturated heterocycles. The van der Waals surface area contributed by atoms with Gasteiger partial charge in [-0.1, -0.05) is 36.4 Å². The van der Waals surface area contributed by atoms with Crippen molar-refractivity contribution in [3.05, 3.63) is 89.5 Å². The molecule has 1 N–H and O–H groups in total. The first-order valence-corrected chi connectivity index (χ1v) is 14.9. The quantitative estimate of drug-likeness (QED) is 0.274. The Labute approximate surface area is 235 Å². The molecule has 9 nitrogen and oxygen atoms in total. The Hall–Kier alpha value is -4.02. The Kier molecular flexibility index (Phi) is 9.01. The first-order chi connectivity index (χ1) is 19.1. The predicted octanol–water partition coefficient (Wildman–Crippen LogP) is 4.44. The van der Waals surface area contributed by atoms with Gasteiger partial charge >= 0.3 is 5.97 Å². The van der Waals surface area contributed by atoms with Crippen molar-refractivity contribution in [2.75, 3.05) is 49.7 Å². The van der Waals surface area contributed by atoms with Crippen LogP contribution in [0.25, 0.3) is 0 Å². The van der Waals surface area contributed by atoms with Crippen LogP contribution in [0.2, 0.25) is 0 Å². The lowest BCUT2D eigenvalue weighted by molar-refractivity contribution is -0.115. The molecule has 1 amide bonds. The van der Waals surface area contributed by atoms with E-state index in [-0.39, 0.29) is 12.5 Å². The van der Waals surface area contributed by atoms with Crippen molar-refractivity contribution in [3.8, 4) is 0 Å². The van der Waals surface area contributed by atoms with Crippen LogP contribution < -0.4 is 9.62 Å². The number of benzene rings is 3. The number of nitrogens with zero attached hydrogens (tertiary/aromatic N) is 3. The van der Waals surface area contributed by atoms with Crippen LogP contribution in [-0.2, 0) is 19.6 Å². The molecule has 210 valence electrons. The number of aliphatic imine (C=N–C) groups is 1. The van der Waals surface area contributed by atoms with Crippen molar-refractivity contribution in [1.29, 1.82) is 0 Å². The third-order valence-electron chi connectivity index (χ3n) is 6.49. The minimum Gasteiger partial charge on any atom is -0.462 e. The molecule has 10 heteroatoms. The number of amides is 1. The van der Waals surface area contributed by atoms with Gasteiger partial charge in [0, 0.05) is 12.2 Å². The Balaban J connectivity index is 1.70. The second kappa shape index (κ2) is 12.4. The van der Waals surface area contributed by atoms with Crippen LogP contribution in [0.4, 0.5) is 17.1 Å². The number of hydrogen-bond acceptors (Lipinski definition) is 7. The fraction of sp³-hybridized carbons (Fsp3) is 0.300. The maximum absolute atomic E-state index is 13.3. The standard InChI is InChI=1S/C30H34N4O5S/c1-5-39-30(36)22-12-17-25-26(20-22)32-29(35)27(25)28(21-10-7-6-8-11-21)31-23-13-15-24(16-14-23)34(40(4,37)38)19-9-18-33(2)3/h6-8,10-17,20,27H,5,9,18-19H2,1-4H3,(H,32,35). The summed E-state index contributed by atoms with van der Waals surface area (Å²) in [7, 11) is 0.428. The summed E-state index contributed by atoms with van der Waals surface area (Å²) < 4.78 is 31.5. The van der Waals surface area contributed by atoms with E-state index in [2.05, 4.69) is 5.32 Å². The molecule has 0 aromatic heterocycles. The van der Waals surface area contributed by atoms with E-state index in [1.54, 1.807) is 49.4 Å². The van der Waals surface area contributed by atoms with Crippen LogP contribution >= 0.6 is 0 Å². The first-order valence-electron chi connectivity index (χ1n) is 13.1. The highest BCUT2D eigenvalue weighted by atomic mass is 32.2. The number of nitrogens with one attached hydrogen (secondary N) is 1. The molecular weight excluding hydrogens is 528 g/mol. The van der Waals surface area contributed by atoms with Gasteiger partial charge in [0.1, 0.15) is 5.92 Å². The fourth-order valence-corrected chi connectivity index (χ4v) is 5.59. The second-order valence-electron chi connectivity index (χ2n) is 9.82. The van der Waals surface area contributed by atoms with Gasteiger partial charge in [-0.3, -0.25) is 14.1 Å². The average molecular weight is 563 g/mol. The van der Waals surface area contributed by atoms with Crippen LogP contribution in [0.3, 0.4) is 0 Å². The number of anilines is 2. The molecule has 0 bridgehead atoms. The number of hydrogen-bond donors (Lipinski definition) is 1. The molecular formula is C30H34N4O5S. The molecule has 1 atom stereocenters. The average Bonchev–Trinajstić information content (AvgIpc) is 3.24. The summed E-state index contributed by atoms with van der Waals surface area (Å²) in [4.78, 5) is 32.4. The predicted molar refractivity (Wildman–Crippen MR) is 158 cm³/mol. The molecule has 0 saturated carbocycles. The van der Waals surface area contributed by atoms with Crippen molar-refractivity contribution >= 4 is 44.7 Å². The van der Waals surface area contributed by atoms with E-state index in [1.807, 2.05) is 49.3 Å². The van der Waals surface area contributed by atoms with E-state index in [9.17, 15) is 18.0 Å². The van der Waals surface area contributed by atoms with Gasteiger partial charge in [-0.2, -0.15) is 0 Å². The zero-order valence-electron chi connectivity index (χ0n) is 23.1. The SMILES string of the molecule is CCOC(=O)c1ccc2c(c1)NC(=O)C2C(=Nc1ccc(N(CCCN(C)C)S(C)(=O)=O)cc1)c1ccccc1. The van der Waals surface area contributed by atoms with Gasteiger partial charge in [-0.15, -0.1) is 0 Å². The van der Waals surface area contributed by atoms with E-state index in [0.29, 0.717) is 46.9 Å². The number of ether oxygens (including phenoxy) is 1. The zero-order valence-corrected chi connectivity index (χ0v) is 23.9. The Morgan fingerprint density at radius 2 is 1.68 bits per heavy atom. The maximum Gasteiger partial charge on any atom is 0.338 e. The molecule has 4 rings (SSSR count). The first kappa shape index (κ1) is 29.0. The molecule has 1 heterocycles. The Morgan fingerprint density at radius 1 is 0.975 bits per heavy atom. The monoisotopic (exact) mass is 562 g/mol. The van der Waals surface area contributed by atoms with Gasteiger partial charge in [0.25, 0.3) is 0 Å². The molecule has 0 aliphatic carbocycles. The third kappa shape index (κ3) is 6.75. The highest BCUT2D eigenvalue weighted by molar-refractivity contribution is 7.92. The van der Waals surface area contributed by atoms with Crippen molar-refractivity contribution in [2.24, 2.45) is 4.99 Å². The topological polar surface area (TPSA) is 108 Å². The molecule has 0 spiro atoms. The zero-order chi connectivity index (χ0) is 28.9. The minimum absolute atomic E-state index is 0.251. The highest BCUT2D eigenvalue weighted by Crippen LogP contribution is 2.37. The molecule has 3 aromatic rings. The second-order valence-corrected chi connectivity index (χ2v) is 11.7. The Morgan fingerprint density at radius 3 is 2.30 bits per heavy atom. The smallest absolute Gasteiger partial charge is 0.338 e. The lowest BCUT2D eigenvalue weighted by Gasteiger charge is -2.23. The van der Waals surface area contributed by atoms with Crippen LogP contribution in [0.5, 0.6) is 0 Å². The summed E-state index contributed by atoms with van der Waals surface area (Å²) in [6.07, 6.45) is 1.89. The number of esters is 1. The molecule has 1 unspecified atom stereocenters. The van der Waals surface area contributed by atoms with Crippen molar-refractivity contribution in [2.45, 2.75) is 19.3 Å². The summed E-state index contributed by atoms with van der Waals surface area (Å²) in [5, 5.41) is 2.88. The molecule has 3 aromatic carbocycles. The summed E-state index contributed by atoms with van der Waals surface area (Å²) >= 11 is 0. The largest absolute Gasteiger partial charge is 0.462 e. The van der Waals surface area contributed by atoms with Gasteiger partial charge < -0.3 is 15.0 Å². The van der Waals surface area contributed by atoms with Crippen LogP contribution in [0.15, 0.2) is 77.8 Å². The normalized spacial score (nSPS) is 15.1. The summed E-state index contributed by atoms with van der Waals surface area (Å²) in [5.41, 5.74) is 4.06. The molecule has 40 heavy (non-hydrogen) atoms. The number of carbonyl (C=O) groups excluding carboxylic acids is 2. The third-order valence-corrected chi connectivity index (χ3v) is 7.69. The van der Waals surface area contributed by atoms with E-state index in [4.69, 9.17) is 9.73 Å². The summed E-state index contributed by atoms with van der Waals surface area (Å²) in [6.45, 7) is 3.12. The van der Waals surface area contributed by atoms with Crippen LogP contribution in [0, 0.1) is 0 Å². The minimum atomic E-state index is -3.47. The van der Waals surface area contributed by atoms with E-state index in [1.165, 1.54) is 10.6 Å². The van der Waals surface area contributed by atoms with E-state index in [0.717, 1.165) is 12.1 Å². The van der Waals surface area contributed by atoms with Crippen LogP contribution in [0.1, 0.15) is 40.7 Å². The van der Waals surface area contributed by atoms with E-state index >= 15 is 0 Å². The van der Waals surface area contributed by atoms with E-state index < -0.39 is 21.9 Å². The molecule has 1 aliphatic heterocycles. The summed E-state index contributed by atoms with van der Waals surface area (Å²) in [6, 6.07) is 21.4. The Bertz CT molecular complexity index is 1500. The van der Waals surface area contributed by atoms with Gasteiger partial charge in [0.2, 0.25) is 15.9 Å². The van der Waals surface area contributed by atoms with Crippen molar-refractivity contribution < 1.29 is 22.7 Å². The van der Waals surface area contributed by atoms with Gasteiger partial charge in [0.15, 0.2) is 0 Å².